The zero-order chi connectivity index (χ0) is 31.2. The van der Waals surface area contributed by atoms with Gasteiger partial charge < -0.3 is 28.4 Å². The molecule has 11 heteroatoms. The standard InChI is InChI=1S/C32H32O11/c1-4-23(33)18-38-28-16-9-22(17-29(28)39-19-24(34)5-2)32(37)43-27-14-12-26(13-15-27)42-31(36)21-7-10-25(11-8-21)40-20-41-30(35)6-3/h4-11,16-17,26-27H,1-3,12-15,18-20H2. The van der Waals surface area contributed by atoms with Crippen molar-refractivity contribution in [2.45, 2.75) is 37.9 Å². The number of benzene rings is 2. The maximum Gasteiger partial charge on any atom is 0.338 e. The van der Waals surface area contributed by atoms with E-state index in [2.05, 4.69) is 19.7 Å². The lowest BCUT2D eigenvalue weighted by Gasteiger charge is -2.28. The molecule has 0 heterocycles. The molecule has 43 heavy (non-hydrogen) atoms. The topological polar surface area (TPSA) is 141 Å². The van der Waals surface area contributed by atoms with Gasteiger partial charge in [-0.1, -0.05) is 19.7 Å². The molecule has 1 fully saturated rings. The van der Waals surface area contributed by atoms with Gasteiger partial charge in [-0.15, -0.1) is 0 Å². The van der Waals surface area contributed by atoms with Crippen molar-refractivity contribution in [1.29, 1.82) is 0 Å². The summed E-state index contributed by atoms with van der Waals surface area (Å²) in [5, 5.41) is 0. The van der Waals surface area contributed by atoms with Gasteiger partial charge in [0.2, 0.25) is 6.79 Å². The number of carbonyl (C=O) groups is 5. The molecule has 2 aromatic carbocycles. The second kappa shape index (κ2) is 16.3. The zero-order valence-corrected chi connectivity index (χ0v) is 23.5. The summed E-state index contributed by atoms with van der Waals surface area (Å²) >= 11 is 0. The third-order valence-corrected chi connectivity index (χ3v) is 6.23. The summed E-state index contributed by atoms with van der Waals surface area (Å²) in [4.78, 5) is 59.7. The smallest absolute Gasteiger partial charge is 0.338 e. The molecule has 0 unspecified atom stereocenters. The third kappa shape index (κ3) is 10.3. The van der Waals surface area contributed by atoms with Crippen LogP contribution in [0.3, 0.4) is 0 Å². The Hall–Kier alpha value is -5.19. The van der Waals surface area contributed by atoms with Crippen molar-refractivity contribution in [3.63, 3.8) is 0 Å². The van der Waals surface area contributed by atoms with E-state index in [4.69, 9.17) is 28.4 Å². The molecule has 2 aromatic rings. The first-order valence-corrected chi connectivity index (χ1v) is 13.4. The van der Waals surface area contributed by atoms with Gasteiger partial charge in [0.1, 0.15) is 18.0 Å². The van der Waals surface area contributed by atoms with Crippen LogP contribution in [0, 0.1) is 0 Å². The molecule has 226 valence electrons. The molecule has 0 spiro atoms. The van der Waals surface area contributed by atoms with Crippen molar-refractivity contribution in [3.05, 3.63) is 91.6 Å². The number of hydrogen-bond acceptors (Lipinski definition) is 11. The number of ketones is 2. The Morgan fingerprint density at radius 2 is 1.16 bits per heavy atom. The van der Waals surface area contributed by atoms with E-state index in [-0.39, 0.29) is 60.8 Å². The van der Waals surface area contributed by atoms with Crippen LogP contribution in [0.25, 0.3) is 0 Å². The molecule has 1 aliphatic carbocycles. The lowest BCUT2D eigenvalue weighted by atomic mass is 9.95. The fourth-order valence-corrected chi connectivity index (χ4v) is 3.89. The molecular weight excluding hydrogens is 560 g/mol. The summed E-state index contributed by atoms with van der Waals surface area (Å²) in [6.07, 6.45) is 4.50. The Morgan fingerprint density at radius 3 is 1.70 bits per heavy atom. The SMILES string of the molecule is C=CC(=O)COc1ccc(C(=O)OC2CCC(OC(=O)c3ccc(OCOC(=O)C=C)cc3)CC2)cc1OCC(=O)C=C. The van der Waals surface area contributed by atoms with Gasteiger partial charge in [0.15, 0.2) is 36.3 Å². The lowest BCUT2D eigenvalue weighted by Crippen LogP contribution is -2.29. The number of hydrogen-bond donors (Lipinski definition) is 0. The summed E-state index contributed by atoms with van der Waals surface area (Å²) in [7, 11) is 0. The van der Waals surface area contributed by atoms with Crippen LogP contribution in [0.4, 0.5) is 0 Å². The minimum atomic E-state index is -0.610. The summed E-state index contributed by atoms with van der Waals surface area (Å²) in [5.41, 5.74) is 0.501. The summed E-state index contributed by atoms with van der Waals surface area (Å²) in [5.74, 6) is -1.78. The first-order valence-electron chi connectivity index (χ1n) is 13.4. The van der Waals surface area contributed by atoms with E-state index in [1.807, 2.05) is 0 Å². The summed E-state index contributed by atoms with van der Waals surface area (Å²) < 4.78 is 32.2. The van der Waals surface area contributed by atoms with Crippen LogP contribution in [0.5, 0.6) is 17.2 Å². The molecule has 0 bridgehead atoms. The highest BCUT2D eigenvalue weighted by molar-refractivity contribution is 5.92. The van der Waals surface area contributed by atoms with Gasteiger partial charge >= 0.3 is 17.9 Å². The van der Waals surface area contributed by atoms with Gasteiger partial charge in [0, 0.05) is 6.08 Å². The van der Waals surface area contributed by atoms with Crippen LogP contribution in [0.15, 0.2) is 80.4 Å². The molecule has 0 aliphatic heterocycles. The zero-order valence-electron chi connectivity index (χ0n) is 23.5. The van der Waals surface area contributed by atoms with E-state index in [9.17, 15) is 24.0 Å². The fraction of sp³-hybridized carbons (Fsp3) is 0.281. The Kier molecular flexibility index (Phi) is 12.3. The Bertz CT molecular complexity index is 1350. The number of rotatable bonds is 16. The maximum atomic E-state index is 12.9. The van der Waals surface area contributed by atoms with E-state index in [0.717, 1.165) is 18.2 Å². The Morgan fingerprint density at radius 1 is 0.651 bits per heavy atom. The van der Waals surface area contributed by atoms with Gasteiger partial charge in [-0.05, 0) is 80.3 Å². The number of carbonyl (C=O) groups excluding carboxylic acids is 5. The van der Waals surface area contributed by atoms with Crippen LogP contribution in [-0.4, -0.2) is 61.7 Å². The molecule has 0 N–H and O–H groups in total. The molecule has 0 saturated heterocycles. The van der Waals surface area contributed by atoms with Crippen LogP contribution in [0.1, 0.15) is 46.4 Å². The van der Waals surface area contributed by atoms with Gasteiger partial charge in [0.25, 0.3) is 0 Å². The first kappa shape index (κ1) is 32.3. The minimum absolute atomic E-state index is 0.0906. The maximum absolute atomic E-state index is 12.9. The van der Waals surface area contributed by atoms with Crippen LogP contribution in [0.2, 0.25) is 0 Å². The predicted molar refractivity (Wildman–Crippen MR) is 153 cm³/mol. The molecule has 0 aromatic heterocycles. The highest BCUT2D eigenvalue weighted by Crippen LogP contribution is 2.30. The van der Waals surface area contributed by atoms with Crippen LogP contribution < -0.4 is 14.2 Å². The number of esters is 3. The van der Waals surface area contributed by atoms with E-state index in [0.29, 0.717) is 37.0 Å². The summed E-state index contributed by atoms with van der Waals surface area (Å²) in [6, 6.07) is 10.5. The molecule has 1 aliphatic rings. The predicted octanol–water partition coefficient (Wildman–Crippen LogP) is 4.34. The fourth-order valence-electron chi connectivity index (χ4n) is 3.89. The largest absolute Gasteiger partial charge is 0.482 e. The normalized spacial score (nSPS) is 15.6. The minimum Gasteiger partial charge on any atom is -0.482 e. The molecule has 0 radical (unpaired) electrons. The van der Waals surface area contributed by atoms with Gasteiger partial charge in [0.05, 0.1) is 11.1 Å². The second-order valence-electron chi connectivity index (χ2n) is 9.24. The van der Waals surface area contributed by atoms with Gasteiger partial charge in [-0.2, -0.15) is 0 Å². The van der Waals surface area contributed by atoms with Crippen molar-refractivity contribution in [3.8, 4) is 17.2 Å². The lowest BCUT2D eigenvalue weighted by molar-refractivity contribution is -0.144. The molecule has 11 nitrogen and oxygen atoms in total. The molecule has 3 rings (SSSR count). The van der Waals surface area contributed by atoms with Crippen molar-refractivity contribution in [2.24, 2.45) is 0 Å². The van der Waals surface area contributed by atoms with Gasteiger partial charge in [-0.25, -0.2) is 14.4 Å². The van der Waals surface area contributed by atoms with Crippen molar-refractivity contribution >= 4 is 29.5 Å². The van der Waals surface area contributed by atoms with E-state index in [1.54, 1.807) is 24.3 Å². The average Bonchev–Trinajstić information content (AvgIpc) is 3.03. The third-order valence-electron chi connectivity index (χ3n) is 6.23. The number of ether oxygens (including phenoxy) is 6. The molecule has 0 atom stereocenters. The highest BCUT2D eigenvalue weighted by atomic mass is 16.7. The Labute approximate surface area is 248 Å². The summed E-state index contributed by atoms with van der Waals surface area (Å²) in [6.45, 7) is 9.17. The highest BCUT2D eigenvalue weighted by Gasteiger charge is 2.27. The van der Waals surface area contributed by atoms with Gasteiger partial charge in [-0.3, -0.25) is 9.59 Å². The quantitative estimate of drug-likeness (QED) is 0.119. The van der Waals surface area contributed by atoms with E-state index in [1.165, 1.54) is 18.2 Å². The average molecular weight is 593 g/mol. The first-order chi connectivity index (χ1) is 20.7. The molecule has 1 saturated carbocycles. The molecular formula is C32H32O11. The van der Waals surface area contributed by atoms with E-state index < -0.39 is 17.9 Å². The van der Waals surface area contributed by atoms with Crippen molar-refractivity contribution in [1.82, 2.24) is 0 Å². The van der Waals surface area contributed by atoms with Crippen molar-refractivity contribution < 1.29 is 52.4 Å². The van der Waals surface area contributed by atoms with Crippen molar-refractivity contribution in [2.75, 3.05) is 20.0 Å². The van der Waals surface area contributed by atoms with Crippen LogP contribution >= 0.6 is 0 Å². The van der Waals surface area contributed by atoms with E-state index >= 15 is 0 Å². The molecule has 0 amide bonds. The Balaban J connectivity index is 1.50. The second-order valence-corrected chi connectivity index (χ2v) is 9.24. The van der Waals surface area contributed by atoms with Crippen LogP contribution in [-0.2, 0) is 28.6 Å². The monoisotopic (exact) mass is 592 g/mol.